The first-order chi connectivity index (χ1) is 7.99. The number of rotatable bonds is 0. The van der Waals surface area contributed by atoms with E-state index in [1.165, 1.54) is 0 Å². The van der Waals surface area contributed by atoms with Crippen molar-refractivity contribution in [2.45, 2.75) is 38.5 Å². The summed E-state index contributed by atoms with van der Waals surface area (Å²) >= 11 is 0. The molecule has 0 aromatic heterocycles. The Morgan fingerprint density at radius 1 is 1.12 bits per heavy atom. The monoisotopic (exact) mass is 243 g/mol. The van der Waals surface area contributed by atoms with Crippen LogP contribution in [0.15, 0.2) is 0 Å². The van der Waals surface area contributed by atoms with E-state index in [0.29, 0.717) is 25.0 Å². The molecule has 5 heteroatoms. The fraction of sp³-hybridized carbons (Fsp3) is 0.917. The zero-order chi connectivity index (χ0) is 12.6. The van der Waals surface area contributed by atoms with Gasteiger partial charge in [-0.25, -0.2) is 9.18 Å². The highest BCUT2D eigenvalue weighted by Crippen LogP contribution is 2.18. The standard InChI is InChI=1S/C12H22FN3O/c1-9-6-16(7-10(2)14(9)3)12(17)15-5-4-11(13)8-15/h9-11H,4-8H2,1-3H3/t9-,10+,11?. The zero-order valence-corrected chi connectivity index (χ0v) is 10.9. The van der Waals surface area contributed by atoms with Gasteiger partial charge in [0.25, 0.3) is 0 Å². The van der Waals surface area contributed by atoms with Crippen molar-refractivity contribution in [3.63, 3.8) is 0 Å². The number of piperazine rings is 1. The third-order valence-corrected chi connectivity index (χ3v) is 4.03. The van der Waals surface area contributed by atoms with Crippen LogP contribution in [0.5, 0.6) is 0 Å². The molecular formula is C12H22FN3O. The second-order valence-electron chi connectivity index (χ2n) is 5.38. The van der Waals surface area contributed by atoms with E-state index in [4.69, 9.17) is 0 Å². The van der Waals surface area contributed by atoms with Crippen LogP contribution in [0.25, 0.3) is 0 Å². The van der Waals surface area contributed by atoms with E-state index in [-0.39, 0.29) is 12.6 Å². The van der Waals surface area contributed by atoms with E-state index in [9.17, 15) is 9.18 Å². The van der Waals surface area contributed by atoms with Crippen molar-refractivity contribution in [1.82, 2.24) is 14.7 Å². The molecule has 0 spiro atoms. The minimum atomic E-state index is -0.832. The van der Waals surface area contributed by atoms with E-state index in [1.807, 2.05) is 4.90 Å². The van der Waals surface area contributed by atoms with Gasteiger partial charge in [0.2, 0.25) is 0 Å². The predicted octanol–water partition coefficient (Wildman–Crippen LogP) is 1.17. The lowest BCUT2D eigenvalue weighted by molar-refractivity contribution is 0.0649. The van der Waals surface area contributed by atoms with Gasteiger partial charge >= 0.3 is 6.03 Å². The highest BCUT2D eigenvalue weighted by molar-refractivity contribution is 5.75. The van der Waals surface area contributed by atoms with Crippen molar-refractivity contribution in [3.05, 3.63) is 0 Å². The molecule has 2 fully saturated rings. The summed E-state index contributed by atoms with van der Waals surface area (Å²) in [4.78, 5) is 18.0. The van der Waals surface area contributed by atoms with Crippen LogP contribution in [0.1, 0.15) is 20.3 Å². The van der Waals surface area contributed by atoms with E-state index in [2.05, 4.69) is 25.8 Å². The third kappa shape index (κ3) is 2.54. The Labute approximate surface area is 102 Å². The van der Waals surface area contributed by atoms with Crippen LogP contribution < -0.4 is 0 Å². The number of nitrogens with zero attached hydrogens (tertiary/aromatic N) is 3. The van der Waals surface area contributed by atoms with Crippen molar-refractivity contribution < 1.29 is 9.18 Å². The first-order valence-electron chi connectivity index (χ1n) is 6.39. The summed E-state index contributed by atoms with van der Waals surface area (Å²) in [6.45, 7) is 6.57. The number of alkyl halides is 1. The largest absolute Gasteiger partial charge is 0.322 e. The quantitative estimate of drug-likeness (QED) is 0.638. The fourth-order valence-electron chi connectivity index (χ4n) is 2.65. The SMILES string of the molecule is C[C@@H]1CN(C(=O)N2CCC(F)C2)C[C@H](C)N1C. The van der Waals surface area contributed by atoms with Gasteiger partial charge in [-0.1, -0.05) is 0 Å². The molecule has 2 aliphatic rings. The second kappa shape index (κ2) is 4.80. The van der Waals surface area contributed by atoms with Crippen LogP contribution in [0.3, 0.4) is 0 Å². The predicted molar refractivity (Wildman–Crippen MR) is 64.7 cm³/mol. The molecule has 2 saturated heterocycles. The number of urea groups is 1. The van der Waals surface area contributed by atoms with Gasteiger partial charge in [-0.2, -0.15) is 0 Å². The van der Waals surface area contributed by atoms with Crippen molar-refractivity contribution in [3.8, 4) is 0 Å². The van der Waals surface area contributed by atoms with Crippen molar-refractivity contribution >= 4 is 6.03 Å². The molecule has 0 aromatic rings. The molecule has 0 aliphatic carbocycles. The van der Waals surface area contributed by atoms with Gasteiger partial charge in [-0.05, 0) is 27.3 Å². The van der Waals surface area contributed by atoms with Gasteiger partial charge in [0.05, 0.1) is 6.54 Å². The van der Waals surface area contributed by atoms with Crippen LogP contribution in [0.2, 0.25) is 0 Å². The van der Waals surface area contributed by atoms with Crippen molar-refractivity contribution in [2.24, 2.45) is 0 Å². The average Bonchev–Trinajstić information content (AvgIpc) is 2.71. The van der Waals surface area contributed by atoms with Crippen LogP contribution in [0, 0.1) is 0 Å². The molecule has 4 nitrogen and oxygen atoms in total. The summed E-state index contributed by atoms with van der Waals surface area (Å²) in [6.07, 6.45) is -0.342. The van der Waals surface area contributed by atoms with Gasteiger partial charge in [-0.3, -0.25) is 4.90 Å². The van der Waals surface area contributed by atoms with Crippen LogP contribution in [-0.4, -0.2) is 72.2 Å². The zero-order valence-electron chi connectivity index (χ0n) is 10.9. The summed E-state index contributed by atoms with van der Waals surface area (Å²) in [5.74, 6) is 0. The molecule has 0 bridgehead atoms. The van der Waals surface area contributed by atoms with Crippen LogP contribution in [-0.2, 0) is 0 Å². The Morgan fingerprint density at radius 3 is 2.18 bits per heavy atom. The lowest BCUT2D eigenvalue weighted by Gasteiger charge is -2.43. The lowest BCUT2D eigenvalue weighted by atomic mass is 10.1. The average molecular weight is 243 g/mol. The minimum absolute atomic E-state index is 0.0111. The number of hydrogen-bond donors (Lipinski definition) is 0. The first-order valence-corrected chi connectivity index (χ1v) is 6.39. The second-order valence-corrected chi connectivity index (χ2v) is 5.38. The smallest absolute Gasteiger partial charge is 0.320 e. The molecule has 1 unspecified atom stereocenters. The molecule has 0 saturated carbocycles. The first kappa shape index (κ1) is 12.6. The highest BCUT2D eigenvalue weighted by atomic mass is 19.1. The van der Waals surface area contributed by atoms with Crippen LogP contribution in [0.4, 0.5) is 9.18 Å². The summed E-state index contributed by atoms with van der Waals surface area (Å²) in [7, 11) is 2.09. The Kier molecular flexibility index (Phi) is 3.56. The molecule has 17 heavy (non-hydrogen) atoms. The molecule has 0 aromatic carbocycles. The van der Waals surface area contributed by atoms with Crippen molar-refractivity contribution in [1.29, 1.82) is 0 Å². The van der Waals surface area contributed by atoms with E-state index >= 15 is 0 Å². The molecule has 2 heterocycles. The summed E-state index contributed by atoms with van der Waals surface area (Å²) < 4.78 is 13.1. The van der Waals surface area contributed by atoms with E-state index in [1.54, 1.807) is 4.90 Å². The number of carbonyl (C=O) groups is 1. The van der Waals surface area contributed by atoms with Crippen molar-refractivity contribution in [2.75, 3.05) is 33.2 Å². The maximum Gasteiger partial charge on any atom is 0.320 e. The van der Waals surface area contributed by atoms with E-state index < -0.39 is 6.17 Å². The molecule has 3 atom stereocenters. The molecule has 0 N–H and O–H groups in total. The number of carbonyl (C=O) groups excluding carboxylic acids is 1. The Bertz CT molecular complexity index is 287. The summed E-state index contributed by atoms with van der Waals surface area (Å²) in [5.41, 5.74) is 0. The summed E-state index contributed by atoms with van der Waals surface area (Å²) in [5, 5.41) is 0. The Balaban J connectivity index is 1.96. The van der Waals surface area contributed by atoms with Gasteiger partial charge in [0, 0.05) is 31.7 Å². The van der Waals surface area contributed by atoms with Crippen LogP contribution >= 0.6 is 0 Å². The maximum absolute atomic E-state index is 13.1. The molecule has 2 rings (SSSR count). The van der Waals surface area contributed by atoms with Gasteiger partial charge in [0.15, 0.2) is 0 Å². The molecule has 98 valence electrons. The molecule has 2 aliphatic heterocycles. The fourth-order valence-corrected chi connectivity index (χ4v) is 2.65. The highest BCUT2D eigenvalue weighted by Gasteiger charge is 2.34. The topological polar surface area (TPSA) is 26.8 Å². The van der Waals surface area contributed by atoms with Gasteiger partial charge in [-0.15, -0.1) is 0 Å². The Morgan fingerprint density at radius 2 is 1.71 bits per heavy atom. The third-order valence-electron chi connectivity index (χ3n) is 4.03. The lowest BCUT2D eigenvalue weighted by Crippen LogP contribution is -2.58. The number of hydrogen-bond acceptors (Lipinski definition) is 2. The number of likely N-dealkylation sites (N-methyl/N-ethyl adjacent to an activating group) is 1. The van der Waals surface area contributed by atoms with Gasteiger partial charge < -0.3 is 9.80 Å². The minimum Gasteiger partial charge on any atom is -0.322 e. The normalized spacial score (nSPS) is 35.4. The maximum atomic E-state index is 13.1. The summed E-state index contributed by atoms with van der Waals surface area (Å²) in [6, 6.07) is 0.745. The molecule has 0 radical (unpaired) electrons. The van der Waals surface area contributed by atoms with Gasteiger partial charge in [0.1, 0.15) is 6.17 Å². The molecule has 2 amide bonds. The number of halogens is 1. The number of likely N-dealkylation sites (tertiary alicyclic amines) is 1. The van der Waals surface area contributed by atoms with E-state index in [0.717, 1.165) is 13.1 Å². The number of amides is 2. The Hall–Kier alpha value is -0.840. The molecular weight excluding hydrogens is 221 g/mol.